The minimum absolute atomic E-state index is 0.0424. The van der Waals surface area contributed by atoms with E-state index in [9.17, 15) is 17.6 Å². The van der Waals surface area contributed by atoms with Crippen molar-refractivity contribution in [2.24, 2.45) is 0 Å². The minimum atomic E-state index is -4.58. The Kier molecular flexibility index (Phi) is 3.89. The largest absolute Gasteiger partial charge is 0.455 e. The van der Waals surface area contributed by atoms with E-state index in [1.165, 1.54) is 12.1 Å². The molecule has 0 saturated heterocycles. The fourth-order valence-corrected chi connectivity index (χ4v) is 1.90. The van der Waals surface area contributed by atoms with Crippen LogP contribution in [-0.2, 0) is 6.18 Å². The Morgan fingerprint density at radius 2 is 1.65 bits per heavy atom. The maximum Gasteiger partial charge on any atom is 0.420 e. The maximum absolute atomic E-state index is 12.9. The van der Waals surface area contributed by atoms with E-state index in [1.807, 2.05) is 0 Å². The zero-order valence-corrected chi connectivity index (χ0v) is 11.4. The summed E-state index contributed by atoms with van der Waals surface area (Å²) in [6.45, 7) is 0. The van der Waals surface area contributed by atoms with E-state index >= 15 is 0 Å². The van der Waals surface area contributed by atoms with Gasteiger partial charge < -0.3 is 10.5 Å². The minimum Gasteiger partial charge on any atom is -0.455 e. The first-order chi connectivity index (χ1) is 9.27. The van der Waals surface area contributed by atoms with E-state index in [1.54, 1.807) is 0 Å². The van der Waals surface area contributed by atoms with Crippen molar-refractivity contribution in [3.63, 3.8) is 0 Å². The summed E-state index contributed by atoms with van der Waals surface area (Å²) in [4.78, 5) is 0. The lowest BCUT2D eigenvalue weighted by Gasteiger charge is -2.15. The highest BCUT2D eigenvalue weighted by atomic mass is 79.9. The second kappa shape index (κ2) is 5.32. The molecule has 2 aromatic carbocycles. The lowest BCUT2D eigenvalue weighted by atomic mass is 10.2. The fourth-order valence-electron chi connectivity index (χ4n) is 1.54. The van der Waals surface area contributed by atoms with Crippen LogP contribution < -0.4 is 10.5 Å². The molecular formula is C13H8BrF4NO. The van der Waals surface area contributed by atoms with Gasteiger partial charge >= 0.3 is 6.18 Å². The van der Waals surface area contributed by atoms with E-state index in [2.05, 4.69) is 15.9 Å². The highest BCUT2D eigenvalue weighted by Crippen LogP contribution is 2.40. The Hall–Kier alpha value is -1.76. The molecule has 0 amide bonds. The number of halogens is 5. The molecule has 0 spiro atoms. The van der Waals surface area contributed by atoms with Gasteiger partial charge in [0.15, 0.2) is 5.75 Å². The molecule has 0 saturated carbocycles. The molecule has 106 valence electrons. The Labute approximate surface area is 120 Å². The van der Waals surface area contributed by atoms with Gasteiger partial charge in [-0.15, -0.1) is 0 Å². The van der Waals surface area contributed by atoms with Crippen molar-refractivity contribution in [2.45, 2.75) is 6.18 Å². The van der Waals surface area contributed by atoms with Crippen molar-refractivity contribution in [1.29, 1.82) is 0 Å². The predicted octanol–water partition coefficient (Wildman–Crippen LogP) is 4.98. The van der Waals surface area contributed by atoms with E-state index in [-0.39, 0.29) is 15.9 Å². The van der Waals surface area contributed by atoms with Crippen molar-refractivity contribution < 1.29 is 22.3 Å². The van der Waals surface area contributed by atoms with Crippen LogP contribution >= 0.6 is 15.9 Å². The number of nitrogens with two attached hydrogens (primary N) is 1. The van der Waals surface area contributed by atoms with Gasteiger partial charge in [0.1, 0.15) is 11.6 Å². The van der Waals surface area contributed by atoms with Gasteiger partial charge in [-0.05, 0) is 30.3 Å². The first-order valence-corrected chi connectivity index (χ1v) is 6.16. The zero-order valence-electron chi connectivity index (χ0n) is 9.84. The molecule has 2 nitrogen and oxygen atoms in total. The van der Waals surface area contributed by atoms with Crippen LogP contribution in [0.25, 0.3) is 0 Å². The Morgan fingerprint density at radius 3 is 2.25 bits per heavy atom. The van der Waals surface area contributed by atoms with Gasteiger partial charge in [0, 0.05) is 10.5 Å². The molecule has 0 bridgehead atoms. The lowest BCUT2D eigenvalue weighted by molar-refractivity contribution is -0.138. The molecule has 2 N–H and O–H groups in total. The van der Waals surface area contributed by atoms with Gasteiger partial charge in [0.2, 0.25) is 0 Å². The van der Waals surface area contributed by atoms with Crippen LogP contribution in [0.5, 0.6) is 11.5 Å². The Bertz CT molecular complexity index is 643. The second-order valence-electron chi connectivity index (χ2n) is 3.92. The van der Waals surface area contributed by atoms with Gasteiger partial charge in [-0.25, -0.2) is 4.39 Å². The molecule has 0 aliphatic rings. The first-order valence-electron chi connectivity index (χ1n) is 5.37. The fraction of sp³-hybridized carbons (Fsp3) is 0.0769. The molecule has 0 fully saturated rings. The van der Waals surface area contributed by atoms with Crippen molar-refractivity contribution >= 4 is 21.6 Å². The third kappa shape index (κ3) is 3.22. The van der Waals surface area contributed by atoms with Gasteiger partial charge in [-0.3, -0.25) is 0 Å². The molecule has 0 atom stereocenters. The van der Waals surface area contributed by atoms with Gasteiger partial charge in [0.25, 0.3) is 0 Å². The van der Waals surface area contributed by atoms with Crippen LogP contribution in [0.15, 0.2) is 40.9 Å². The lowest BCUT2D eigenvalue weighted by Crippen LogP contribution is -2.07. The average Bonchev–Trinajstić information content (AvgIpc) is 2.33. The molecule has 7 heteroatoms. The van der Waals surface area contributed by atoms with Crippen LogP contribution in [0.3, 0.4) is 0 Å². The number of hydrogen-bond acceptors (Lipinski definition) is 2. The van der Waals surface area contributed by atoms with Crippen LogP contribution in [-0.4, -0.2) is 0 Å². The van der Waals surface area contributed by atoms with E-state index in [4.69, 9.17) is 10.5 Å². The highest BCUT2D eigenvalue weighted by molar-refractivity contribution is 9.10. The quantitative estimate of drug-likeness (QED) is 0.612. The van der Waals surface area contributed by atoms with Gasteiger partial charge in [0.05, 0.1) is 11.3 Å². The molecule has 0 aromatic heterocycles. The first kappa shape index (κ1) is 14.6. The van der Waals surface area contributed by atoms with Crippen LogP contribution in [0.1, 0.15) is 5.56 Å². The summed E-state index contributed by atoms with van der Waals surface area (Å²) >= 11 is 2.97. The third-order valence-corrected chi connectivity index (χ3v) is 2.93. The average molecular weight is 350 g/mol. The Morgan fingerprint density at radius 1 is 1.00 bits per heavy atom. The highest BCUT2D eigenvalue weighted by Gasteiger charge is 2.34. The summed E-state index contributed by atoms with van der Waals surface area (Å²) in [5, 5.41) is 0. The predicted molar refractivity (Wildman–Crippen MR) is 70.0 cm³/mol. The van der Waals surface area contributed by atoms with Crippen LogP contribution in [0, 0.1) is 5.82 Å². The summed E-state index contributed by atoms with van der Waals surface area (Å²) < 4.78 is 57.0. The molecule has 0 aliphatic heterocycles. The van der Waals surface area contributed by atoms with Crippen molar-refractivity contribution in [3.05, 3.63) is 52.3 Å². The topological polar surface area (TPSA) is 35.2 Å². The van der Waals surface area contributed by atoms with E-state index in [0.717, 1.165) is 24.3 Å². The normalized spacial score (nSPS) is 11.4. The summed E-state index contributed by atoms with van der Waals surface area (Å²) in [6, 6.07) is 6.67. The molecule has 0 heterocycles. The molecule has 20 heavy (non-hydrogen) atoms. The summed E-state index contributed by atoms with van der Waals surface area (Å²) in [5.74, 6) is -1.04. The SMILES string of the molecule is Nc1cc(F)ccc1Oc1ccc(Br)cc1C(F)(F)F. The smallest absolute Gasteiger partial charge is 0.420 e. The van der Waals surface area contributed by atoms with Gasteiger partial charge in [-0.2, -0.15) is 13.2 Å². The standard InChI is InChI=1S/C13H8BrF4NO/c14-7-1-3-11(9(5-7)13(16,17)18)20-12-4-2-8(15)6-10(12)19/h1-6H,19H2. The van der Waals surface area contributed by atoms with Crippen LogP contribution in [0.4, 0.5) is 23.2 Å². The van der Waals surface area contributed by atoms with Gasteiger partial charge in [-0.1, -0.05) is 15.9 Å². The number of rotatable bonds is 2. The third-order valence-electron chi connectivity index (χ3n) is 2.44. The maximum atomic E-state index is 12.9. The van der Waals surface area contributed by atoms with Crippen molar-refractivity contribution in [1.82, 2.24) is 0 Å². The number of alkyl halides is 3. The molecule has 2 aromatic rings. The molecule has 0 unspecified atom stereocenters. The van der Waals surface area contributed by atoms with Crippen LogP contribution in [0.2, 0.25) is 0 Å². The summed E-state index contributed by atoms with van der Waals surface area (Å²) in [5.41, 5.74) is 4.47. The van der Waals surface area contributed by atoms with Crippen molar-refractivity contribution in [2.75, 3.05) is 5.73 Å². The van der Waals surface area contributed by atoms with E-state index < -0.39 is 23.3 Å². The molecule has 2 rings (SSSR count). The monoisotopic (exact) mass is 349 g/mol. The van der Waals surface area contributed by atoms with E-state index in [0.29, 0.717) is 0 Å². The number of hydrogen-bond donors (Lipinski definition) is 1. The summed E-state index contributed by atoms with van der Waals surface area (Å²) in [7, 11) is 0. The number of benzene rings is 2. The summed E-state index contributed by atoms with van der Waals surface area (Å²) in [6.07, 6.45) is -4.58. The molecule has 0 aliphatic carbocycles. The zero-order chi connectivity index (χ0) is 14.9. The Balaban J connectivity index is 2.43. The number of anilines is 1. The number of ether oxygens (including phenoxy) is 1. The van der Waals surface area contributed by atoms with Crippen molar-refractivity contribution in [3.8, 4) is 11.5 Å². The molecule has 0 radical (unpaired) electrons. The number of nitrogen functional groups attached to an aromatic ring is 1. The second-order valence-corrected chi connectivity index (χ2v) is 4.84. The molecular weight excluding hydrogens is 342 g/mol.